The molecule has 0 bridgehead atoms. The summed E-state index contributed by atoms with van der Waals surface area (Å²) in [5.74, 6) is 0.998. The van der Waals surface area contributed by atoms with E-state index in [0.717, 1.165) is 48.1 Å². The fourth-order valence-electron chi connectivity index (χ4n) is 3.77. The SMILES string of the molecule is Cc1cc(C)c2c(=O)n(CC(O)CN3CCN(c4ccccn4)CC3)sc2n1. The molecule has 1 N–H and O–H groups in total. The Balaban J connectivity index is 1.37. The lowest BCUT2D eigenvalue weighted by Crippen LogP contribution is -2.49. The summed E-state index contributed by atoms with van der Waals surface area (Å²) in [5.41, 5.74) is 1.80. The number of nitrogens with zero attached hydrogens (tertiary/aromatic N) is 5. The third-order valence-corrected chi connectivity index (χ3v) is 6.14. The molecule has 1 fully saturated rings. The number of pyridine rings is 2. The van der Waals surface area contributed by atoms with E-state index < -0.39 is 6.10 Å². The summed E-state index contributed by atoms with van der Waals surface area (Å²) in [7, 11) is 0. The lowest BCUT2D eigenvalue weighted by Gasteiger charge is -2.36. The van der Waals surface area contributed by atoms with Crippen LogP contribution in [-0.2, 0) is 6.54 Å². The second-order valence-corrected chi connectivity index (χ2v) is 8.36. The molecule has 28 heavy (non-hydrogen) atoms. The third-order valence-electron chi connectivity index (χ3n) is 5.14. The van der Waals surface area contributed by atoms with Crippen molar-refractivity contribution in [1.29, 1.82) is 0 Å². The van der Waals surface area contributed by atoms with Crippen molar-refractivity contribution in [3.05, 3.63) is 52.1 Å². The number of fused-ring (bicyclic) bond motifs is 1. The van der Waals surface area contributed by atoms with E-state index in [0.29, 0.717) is 18.5 Å². The Kier molecular flexibility index (Phi) is 5.43. The molecule has 7 nitrogen and oxygen atoms in total. The summed E-state index contributed by atoms with van der Waals surface area (Å²) in [4.78, 5) is 26.8. The van der Waals surface area contributed by atoms with Gasteiger partial charge in [-0.1, -0.05) is 6.07 Å². The quantitative estimate of drug-likeness (QED) is 0.703. The second kappa shape index (κ2) is 7.98. The van der Waals surface area contributed by atoms with Gasteiger partial charge in [0.15, 0.2) is 0 Å². The Labute approximate surface area is 168 Å². The molecule has 148 valence electrons. The zero-order chi connectivity index (χ0) is 19.7. The molecule has 1 atom stereocenters. The highest BCUT2D eigenvalue weighted by Gasteiger charge is 2.21. The number of aliphatic hydroxyl groups is 1. The minimum atomic E-state index is -0.589. The molecule has 1 aliphatic heterocycles. The van der Waals surface area contributed by atoms with Crippen molar-refractivity contribution < 1.29 is 5.11 Å². The van der Waals surface area contributed by atoms with Gasteiger partial charge in [0.25, 0.3) is 5.56 Å². The predicted molar refractivity (Wildman–Crippen MR) is 112 cm³/mol. The number of aliphatic hydroxyl groups excluding tert-OH is 1. The van der Waals surface area contributed by atoms with Crippen LogP contribution in [0.2, 0.25) is 0 Å². The van der Waals surface area contributed by atoms with Crippen LogP contribution in [0.15, 0.2) is 35.3 Å². The molecule has 3 aromatic heterocycles. The Bertz CT molecular complexity index is 1010. The third kappa shape index (κ3) is 3.94. The lowest BCUT2D eigenvalue weighted by atomic mass is 10.2. The van der Waals surface area contributed by atoms with E-state index in [1.165, 1.54) is 11.5 Å². The van der Waals surface area contributed by atoms with Gasteiger partial charge in [-0.15, -0.1) is 0 Å². The van der Waals surface area contributed by atoms with Gasteiger partial charge in [0.05, 0.1) is 18.0 Å². The number of anilines is 1. The second-order valence-electron chi connectivity index (χ2n) is 7.35. The maximum absolute atomic E-state index is 12.7. The van der Waals surface area contributed by atoms with Gasteiger partial charge >= 0.3 is 0 Å². The maximum Gasteiger partial charge on any atom is 0.270 e. The predicted octanol–water partition coefficient (Wildman–Crippen LogP) is 1.65. The minimum Gasteiger partial charge on any atom is -0.390 e. The molecule has 0 radical (unpaired) electrons. The molecule has 3 aromatic rings. The van der Waals surface area contributed by atoms with Gasteiger partial charge < -0.3 is 10.0 Å². The van der Waals surface area contributed by atoms with Crippen LogP contribution in [0.4, 0.5) is 5.82 Å². The van der Waals surface area contributed by atoms with Crippen molar-refractivity contribution >= 4 is 27.6 Å². The van der Waals surface area contributed by atoms with Gasteiger partial charge in [-0.05, 0) is 49.1 Å². The summed E-state index contributed by atoms with van der Waals surface area (Å²) < 4.78 is 1.64. The number of hydrogen-bond donors (Lipinski definition) is 1. The summed E-state index contributed by atoms with van der Waals surface area (Å²) in [6, 6.07) is 7.87. The number of hydrogen-bond acceptors (Lipinski definition) is 7. The van der Waals surface area contributed by atoms with Crippen LogP contribution in [0.25, 0.3) is 10.2 Å². The van der Waals surface area contributed by atoms with Gasteiger partial charge in [-0.2, -0.15) is 0 Å². The average molecular weight is 400 g/mol. The molecule has 1 saturated heterocycles. The molecule has 4 rings (SSSR count). The van der Waals surface area contributed by atoms with E-state index in [9.17, 15) is 9.90 Å². The molecule has 8 heteroatoms. The first-order valence-electron chi connectivity index (χ1n) is 9.56. The maximum atomic E-state index is 12.7. The van der Waals surface area contributed by atoms with Gasteiger partial charge in [-0.25, -0.2) is 9.97 Å². The van der Waals surface area contributed by atoms with E-state index in [1.807, 2.05) is 44.3 Å². The first kappa shape index (κ1) is 19.0. The van der Waals surface area contributed by atoms with E-state index in [4.69, 9.17) is 0 Å². The molecule has 0 saturated carbocycles. The van der Waals surface area contributed by atoms with Crippen LogP contribution in [0.5, 0.6) is 0 Å². The fraction of sp³-hybridized carbons (Fsp3) is 0.450. The lowest BCUT2D eigenvalue weighted by molar-refractivity contribution is 0.0967. The minimum absolute atomic E-state index is 0.0518. The van der Waals surface area contributed by atoms with Gasteiger partial charge in [0.1, 0.15) is 10.6 Å². The van der Waals surface area contributed by atoms with Crippen molar-refractivity contribution in [2.24, 2.45) is 0 Å². The molecule has 4 heterocycles. The molecular formula is C20H25N5O2S. The van der Waals surface area contributed by atoms with Gasteiger partial charge in [0.2, 0.25) is 0 Å². The number of aryl methyl sites for hydroxylation is 2. The highest BCUT2D eigenvalue weighted by Crippen LogP contribution is 2.19. The zero-order valence-electron chi connectivity index (χ0n) is 16.2. The van der Waals surface area contributed by atoms with Crippen LogP contribution in [0.3, 0.4) is 0 Å². The van der Waals surface area contributed by atoms with Crippen LogP contribution in [-0.4, -0.2) is 62.8 Å². The van der Waals surface area contributed by atoms with Crippen LogP contribution >= 0.6 is 11.5 Å². The Morgan fingerprint density at radius 2 is 1.96 bits per heavy atom. The summed E-state index contributed by atoms with van der Waals surface area (Å²) in [6.45, 7) is 8.24. The van der Waals surface area contributed by atoms with Gasteiger partial charge in [-0.3, -0.25) is 13.7 Å². The first-order valence-corrected chi connectivity index (χ1v) is 10.3. The molecule has 0 spiro atoms. The summed E-state index contributed by atoms with van der Waals surface area (Å²) in [5, 5.41) is 11.2. The highest BCUT2D eigenvalue weighted by molar-refractivity contribution is 7.13. The molecular weight excluding hydrogens is 374 g/mol. The van der Waals surface area contributed by atoms with Crippen molar-refractivity contribution in [3.63, 3.8) is 0 Å². The Hall–Kier alpha value is -2.29. The normalized spacial score (nSPS) is 16.6. The van der Waals surface area contributed by atoms with E-state index >= 15 is 0 Å². The van der Waals surface area contributed by atoms with Crippen LogP contribution < -0.4 is 10.5 Å². The van der Waals surface area contributed by atoms with Crippen molar-refractivity contribution in [2.45, 2.75) is 26.5 Å². The van der Waals surface area contributed by atoms with Crippen LogP contribution in [0, 0.1) is 13.8 Å². The largest absolute Gasteiger partial charge is 0.390 e. The molecule has 0 amide bonds. The summed E-state index contributed by atoms with van der Waals surface area (Å²) in [6.07, 6.45) is 1.22. The van der Waals surface area contributed by atoms with E-state index in [2.05, 4.69) is 19.8 Å². The smallest absolute Gasteiger partial charge is 0.270 e. The van der Waals surface area contributed by atoms with Gasteiger partial charge in [0, 0.05) is 44.6 Å². The topological polar surface area (TPSA) is 74.5 Å². The Morgan fingerprint density at radius 3 is 2.68 bits per heavy atom. The summed E-state index contributed by atoms with van der Waals surface area (Å²) >= 11 is 1.34. The Morgan fingerprint density at radius 1 is 1.18 bits per heavy atom. The monoisotopic (exact) mass is 399 g/mol. The molecule has 0 aromatic carbocycles. The van der Waals surface area contributed by atoms with Crippen molar-refractivity contribution in [1.82, 2.24) is 18.8 Å². The molecule has 1 aliphatic rings. The number of piperazine rings is 1. The first-order chi connectivity index (χ1) is 13.5. The number of rotatable bonds is 5. The highest BCUT2D eigenvalue weighted by atomic mass is 32.1. The van der Waals surface area contributed by atoms with E-state index in [1.54, 1.807) is 3.96 Å². The van der Waals surface area contributed by atoms with Crippen LogP contribution in [0.1, 0.15) is 11.3 Å². The van der Waals surface area contributed by atoms with Crippen molar-refractivity contribution in [3.8, 4) is 0 Å². The molecule has 0 aliphatic carbocycles. The number of aromatic nitrogens is 3. The van der Waals surface area contributed by atoms with Crippen molar-refractivity contribution in [2.75, 3.05) is 37.6 Å². The zero-order valence-corrected chi connectivity index (χ0v) is 17.0. The fourth-order valence-corrected chi connectivity index (χ4v) is 4.92. The number of β-amino-alcohol motifs (C(OH)–C–C–N with tert-alkyl or cyclic N) is 1. The standard InChI is InChI=1S/C20H25N5O2S/c1-14-11-15(2)22-19-18(14)20(27)25(28-19)13-16(26)12-23-7-9-24(10-8-23)17-5-3-4-6-21-17/h3-6,11,16,26H,7-10,12-13H2,1-2H3. The molecule has 1 unspecified atom stereocenters. The van der Waals surface area contributed by atoms with E-state index in [-0.39, 0.29) is 5.56 Å². The average Bonchev–Trinajstić information content (AvgIpc) is 2.98.